The third kappa shape index (κ3) is 2.51. The number of aromatic carboxylic acids is 1. The zero-order chi connectivity index (χ0) is 15.7. The Morgan fingerprint density at radius 3 is 2.86 bits per heavy atom. The summed E-state index contributed by atoms with van der Waals surface area (Å²) < 4.78 is 2.26. The number of likely N-dealkylation sites (N-methyl/N-ethyl adjacent to an activating group) is 1. The lowest BCUT2D eigenvalue weighted by Crippen LogP contribution is -2.30. The van der Waals surface area contributed by atoms with Gasteiger partial charge >= 0.3 is 5.97 Å². The monoisotopic (exact) mass is 302 g/mol. The first kappa shape index (κ1) is 15.1. The normalized spacial score (nSPS) is 15.2. The molecule has 0 spiro atoms. The first-order chi connectivity index (χ1) is 10.7. The summed E-state index contributed by atoms with van der Waals surface area (Å²) in [7, 11) is 0. The van der Waals surface area contributed by atoms with Gasteiger partial charge in [-0.2, -0.15) is 0 Å². The summed E-state index contributed by atoms with van der Waals surface area (Å²) in [6, 6.07) is 5.37. The van der Waals surface area contributed by atoms with E-state index in [2.05, 4.69) is 16.4 Å². The minimum atomic E-state index is -0.887. The Kier molecular flexibility index (Phi) is 4.18. The van der Waals surface area contributed by atoms with Gasteiger partial charge in [0.15, 0.2) is 0 Å². The molecule has 5 heteroatoms. The van der Waals surface area contributed by atoms with Crippen molar-refractivity contribution in [2.45, 2.75) is 32.9 Å². The molecule has 2 N–H and O–H groups in total. The van der Waals surface area contributed by atoms with Crippen LogP contribution < -0.4 is 0 Å². The van der Waals surface area contributed by atoms with Gasteiger partial charge in [-0.25, -0.2) is 4.79 Å². The van der Waals surface area contributed by atoms with Crippen molar-refractivity contribution in [2.75, 3.05) is 19.7 Å². The van der Waals surface area contributed by atoms with E-state index in [-0.39, 0.29) is 6.61 Å². The number of rotatable bonds is 5. The standard InChI is InChI=1S/C17H22N2O3/c1-2-18-8-6-16-14(11-18)13-10-12(17(21)22)4-5-15(13)19(16)7-3-9-20/h4-5,10,20H,2-3,6-9,11H2,1H3,(H,21,22). The number of hydrogen-bond acceptors (Lipinski definition) is 3. The molecule has 0 saturated heterocycles. The van der Waals surface area contributed by atoms with Crippen molar-refractivity contribution in [3.05, 3.63) is 35.0 Å². The summed E-state index contributed by atoms with van der Waals surface area (Å²) in [6.07, 6.45) is 1.69. The van der Waals surface area contributed by atoms with E-state index in [1.54, 1.807) is 12.1 Å². The zero-order valence-electron chi connectivity index (χ0n) is 12.9. The van der Waals surface area contributed by atoms with Crippen LogP contribution >= 0.6 is 0 Å². The maximum absolute atomic E-state index is 11.3. The molecule has 1 aromatic heterocycles. The van der Waals surface area contributed by atoms with Crippen LogP contribution in [-0.2, 0) is 19.5 Å². The predicted molar refractivity (Wildman–Crippen MR) is 85.3 cm³/mol. The predicted octanol–water partition coefficient (Wildman–Crippen LogP) is 2.10. The highest BCUT2D eigenvalue weighted by Gasteiger charge is 2.23. The van der Waals surface area contributed by atoms with Gasteiger partial charge in [-0.05, 0) is 36.7 Å². The summed E-state index contributed by atoms with van der Waals surface area (Å²) in [6.45, 7) is 6.01. The van der Waals surface area contributed by atoms with E-state index in [1.807, 2.05) is 6.07 Å². The lowest BCUT2D eigenvalue weighted by atomic mass is 10.0. The van der Waals surface area contributed by atoms with Crippen LogP contribution in [0.3, 0.4) is 0 Å². The van der Waals surface area contributed by atoms with Crippen molar-refractivity contribution in [1.29, 1.82) is 0 Å². The first-order valence-electron chi connectivity index (χ1n) is 7.86. The third-order valence-electron chi connectivity index (χ3n) is 4.57. The van der Waals surface area contributed by atoms with Crippen LogP contribution in [-0.4, -0.2) is 45.3 Å². The van der Waals surface area contributed by atoms with Gasteiger partial charge in [0.1, 0.15) is 0 Å². The second-order valence-corrected chi connectivity index (χ2v) is 5.81. The lowest BCUT2D eigenvalue weighted by Gasteiger charge is -2.26. The van der Waals surface area contributed by atoms with E-state index in [9.17, 15) is 9.90 Å². The molecule has 1 aliphatic rings. The van der Waals surface area contributed by atoms with Crippen LogP contribution in [0.2, 0.25) is 0 Å². The van der Waals surface area contributed by atoms with E-state index in [0.717, 1.165) is 43.5 Å². The van der Waals surface area contributed by atoms with Gasteiger partial charge in [-0.15, -0.1) is 0 Å². The van der Waals surface area contributed by atoms with Crippen LogP contribution in [0.25, 0.3) is 10.9 Å². The number of carbonyl (C=O) groups is 1. The molecule has 1 aromatic carbocycles. The number of aliphatic hydroxyl groups excluding tert-OH is 1. The van der Waals surface area contributed by atoms with Crippen LogP contribution in [0.15, 0.2) is 18.2 Å². The maximum atomic E-state index is 11.3. The van der Waals surface area contributed by atoms with E-state index in [0.29, 0.717) is 12.0 Å². The Morgan fingerprint density at radius 1 is 1.36 bits per heavy atom. The molecule has 2 heterocycles. The Balaban J connectivity index is 2.15. The molecule has 5 nitrogen and oxygen atoms in total. The molecule has 0 radical (unpaired) electrons. The van der Waals surface area contributed by atoms with Crippen molar-refractivity contribution >= 4 is 16.9 Å². The largest absolute Gasteiger partial charge is 0.478 e. The van der Waals surface area contributed by atoms with Gasteiger partial charge in [-0.1, -0.05) is 6.92 Å². The van der Waals surface area contributed by atoms with Crippen molar-refractivity contribution in [2.24, 2.45) is 0 Å². The molecule has 0 aliphatic carbocycles. The molecule has 3 rings (SSSR count). The minimum Gasteiger partial charge on any atom is -0.478 e. The molecule has 2 aromatic rings. The number of aromatic nitrogens is 1. The molecule has 118 valence electrons. The number of benzene rings is 1. The van der Waals surface area contributed by atoms with Crippen molar-refractivity contribution in [3.63, 3.8) is 0 Å². The first-order valence-corrected chi connectivity index (χ1v) is 7.86. The summed E-state index contributed by atoms with van der Waals surface area (Å²) >= 11 is 0. The topological polar surface area (TPSA) is 65.7 Å². The third-order valence-corrected chi connectivity index (χ3v) is 4.57. The van der Waals surface area contributed by atoms with E-state index < -0.39 is 5.97 Å². The Bertz CT molecular complexity index is 705. The highest BCUT2D eigenvalue weighted by atomic mass is 16.4. The summed E-state index contributed by atoms with van der Waals surface area (Å²) in [4.78, 5) is 13.6. The van der Waals surface area contributed by atoms with Crippen molar-refractivity contribution in [1.82, 2.24) is 9.47 Å². The molecule has 0 unspecified atom stereocenters. The van der Waals surface area contributed by atoms with Gasteiger partial charge in [-0.3, -0.25) is 4.90 Å². The van der Waals surface area contributed by atoms with Crippen molar-refractivity contribution < 1.29 is 15.0 Å². The number of nitrogens with zero attached hydrogens (tertiary/aromatic N) is 2. The smallest absolute Gasteiger partial charge is 0.335 e. The molecular formula is C17H22N2O3. The second kappa shape index (κ2) is 6.10. The Morgan fingerprint density at radius 2 is 2.18 bits per heavy atom. The van der Waals surface area contributed by atoms with Gasteiger partial charge in [0.2, 0.25) is 0 Å². The maximum Gasteiger partial charge on any atom is 0.335 e. The van der Waals surface area contributed by atoms with Crippen LogP contribution in [0.1, 0.15) is 35.0 Å². The molecule has 0 atom stereocenters. The lowest BCUT2D eigenvalue weighted by molar-refractivity contribution is 0.0697. The fourth-order valence-electron chi connectivity index (χ4n) is 3.39. The molecule has 1 aliphatic heterocycles. The van der Waals surface area contributed by atoms with E-state index in [4.69, 9.17) is 5.11 Å². The highest BCUT2D eigenvalue weighted by Crippen LogP contribution is 2.32. The average Bonchev–Trinajstić information content (AvgIpc) is 2.85. The second-order valence-electron chi connectivity index (χ2n) is 5.81. The number of fused-ring (bicyclic) bond motifs is 3. The number of hydrogen-bond donors (Lipinski definition) is 2. The van der Waals surface area contributed by atoms with Gasteiger partial charge in [0.05, 0.1) is 5.56 Å². The van der Waals surface area contributed by atoms with Crippen LogP contribution in [0, 0.1) is 0 Å². The van der Waals surface area contributed by atoms with Gasteiger partial charge in [0.25, 0.3) is 0 Å². The minimum absolute atomic E-state index is 0.169. The highest BCUT2D eigenvalue weighted by molar-refractivity contribution is 5.95. The van der Waals surface area contributed by atoms with E-state index in [1.165, 1.54) is 11.3 Å². The van der Waals surface area contributed by atoms with Crippen LogP contribution in [0.4, 0.5) is 0 Å². The van der Waals surface area contributed by atoms with Crippen LogP contribution in [0.5, 0.6) is 0 Å². The van der Waals surface area contributed by atoms with E-state index >= 15 is 0 Å². The molecule has 0 fully saturated rings. The molecule has 0 saturated carbocycles. The van der Waals surface area contributed by atoms with Gasteiger partial charge in [0, 0.05) is 49.3 Å². The molecule has 22 heavy (non-hydrogen) atoms. The summed E-state index contributed by atoms with van der Waals surface area (Å²) in [5.41, 5.74) is 3.98. The number of aryl methyl sites for hydroxylation is 1. The quantitative estimate of drug-likeness (QED) is 0.887. The molecular weight excluding hydrogens is 280 g/mol. The number of carboxylic acids is 1. The van der Waals surface area contributed by atoms with Crippen molar-refractivity contribution in [3.8, 4) is 0 Å². The summed E-state index contributed by atoms with van der Waals surface area (Å²) in [5, 5.41) is 19.4. The number of aliphatic hydroxyl groups is 1. The molecule has 0 bridgehead atoms. The zero-order valence-corrected chi connectivity index (χ0v) is 12.9. The SMILES string of the molecule is CCN1CCc2c(c3cc(C(=O)O)ccc3n2CCCO)C1. The average molecular weight is 302 g/mol. The van der Waals surface area contributed by atoms with Gasteiger partial charge < -0.3 is 14.8 Å². The fraction of sp³-hybridized carbons (Fsp3) is 0.471. The number of carboxylic acid groups (broad SMARTS) is 1. The molecule has 0 amide bonds. The Labute approximate surface area is 129 Å². The Hall–Kier alpha value is -1.85. The fourth-order valence-corrected chi connectivity index (χ4v) is 3.39. The summed E-state index contributed by atoms with van der Waals surface area (Å²) in [5.74, 6) is -0.887.